The van der Waals surface area contributed by atoms with Crippen molar-refractivity contribution in [1.29, 1.82) is 5.26 Å². The summed E-state index contributed by atoms with van der Waals surface area (Å²) in [5.41, 5.74) is -0.246. The fourth-order valence-electron chi connectivity index (χ4n) is 1.66. The molecule has 0 aliphatic heterocycles. The van der Waals surface area contributed by atoms with Crippen molar-refractivity contribution >= 4 is 17.3 Å². The molecule has 7 heteroatoms. The van der Waals surface area contributed by atoms with Crippen LogP contribution in [0.2, 0.25) is 5.02 Å². The molecule has 0 N–H and O–H groups in total. The zero-order valence-electron chi connectivity index (χ0n) is 10.5. The number of nitro groups is 1. The minimum Gasteiger partial charge on any atom is -0.489 e. The van der Waals surface area contributed by atoms with Gasteiger partial charge < -0.3 is 4.74 Å². The van der Waals surface area contributed by atoms with Gasteiger partial charge in [-0.2, -0.15) is 9.65 Å². The van der Waals surface area contributed by atoms with Gasteiger partial charge in [-0.1, -0.05) is 23.7 Å². The van der Waals surface area contributed by atoms with Crippen LogP contribution in [0.15, 0.2) is 36.4 Å². The molecular weight excluding hydrogens is 299 g/mol. The molecule has 0 aliphatic rings. The molecule has 0 unspecified atom stereocenters. The first kappa shape index (κ1) is 14.8. The molecule has 0 amide bonds. The van der Waals surface area contributed by atoms with Gasteiger partial charge in [0.25, 0.3) is 0 Å². The molecule has 106 valence electrons. The lowest BCUT2D eigenvalue weighted by Crippen LogP contribution is -2.01. The van der Waals surface area contributed by atoms with E-state index >= 15 is 0 Å². The Morgan fingerprint density at radius 2 is 2.14 bits per heavy atom. The molecule has 5 nitrogen and oxygen atoms in total. The molecule has 2 rings (SSSR count). The lowest BCUT2D eigenvalue weighted by atomic mass is 10.2. The molecule has 0 aliphatic carbocycles. The second-order valence-corrected chi connectivity index (χ2v) is 4.46. The van der Waals surface area contributed by atoms with E-state index < -0.39 is 16.4 Å². The average Bonchev–Trinajstić information content (AvgIpc) is 2.46. The van der Waals surface area contributed by atoms with E-state index in [1.165, 1.54) is 30.3 Å². The first-order chi connectivity index (χ1) is 10.0. The van der Waals surface area contributed by atoms with Crippen LogP contribution in [-0.4, -0.2) is 4.92 Å². The number of halogens is 2. The van der Waals surface area contributed by atoms with Crippen molar-refractivity contribution in [2.45, 2.75) is 6.61 Å². The molecule has 2 aromatic carbocycles. The van der Waals surface area contributed by atoms with E-state index in [-0.39, 0.29) is 17.2 Å². The lowest BCUT2D eigenvalue weighted by molar-refractivity contribution is -0.387. The van der Waals surface area contributed by atoms with E-state index in [1.807, 2.05) is 6.07 Å². The zero-order valence-corrected chi connectivity index (χ0v) is 11.3. The summed E-state index contributed by atoms with van der Waals surface area (Å²) < 4.78 is 19.2. The average molecular weight is 307 g/mol. The van der Waals surface area contributed by atoms with Crippen LogP contribution in [0.25, 0.3) is 0 Å². The molecule has 0 radical (unpaired) electrons. The van der Waals surface area contributed by atoms with Crippen LogP contribution in [0, 0.1) is 27.3 Å². The summed E-state index contributed by atoms with van der Waals surface area (Å²) >= 11 is 5.84. The van der Waals surface area contributed by atoms with E-state index in [9.17, 15) is 14.5 Å². The molecule has 0 atom stereocenters. The van der Waals surface area contributed by atoms with E-state index in [2.05, 4.69) is 0 Å². The monoisotopic (exact) mass is 306 g/mol. The summed E-state index contributed by atoms with van der Waals surface area (Å²) in [4.78, 5) is 9.85. The van der Waals surface area contributed by atoms with Crippen molar-refractivity contribution in [3.05, 3.63) is 68.5 Å². The Morgan fingerprint density at radius 3 is 2.76 bits per heavy atom. The molecule has 0 spiro atoms. The van der Waals surface area contributed by atoms with Crippen LogP contribution in [0.3, 0.4) is 0 Å². The Morgan fingerprint density at radius 1 is 1.38 bits per heavy atom. The number of hydrogen-bond acceptors (Lipinski definition) is 4. The number of nitrogens with zero attached hydrogens (tertiary/aromatic N) is 2. The van der Waals surface area contributed by atoms with Gasteiger partial charge in [-0.25, -0.2) is 0 Å². The van der Waals surface area contributed by atoms with Gasteiger partial charge in [0.15, 0.2) is 0 Å². The molecule has 0 aromatic heterocycles. The topological polar surface area (TPSA) is 76.2 Å². The van der Waals surface area contributed by atoms with Crippen molar-refractivity contribution in [3.8, 4) is 11.8 Å². The summed E-state index contributed by atoms with van der Waals surface area (Å²) in [5.74, 6) is -0.591. The number of benzene rings is 2. The van der Waals surface area contributed by atoms with Crippen LogP contribution in [-0.2, 0) is 6.61 Å². The SMILES string of the molecule is N#Cc1ccc(OCc2cccc([N+](=O)[O-])c2F)cc1Cl. The highest BCUT2D eigenvalue weighted by molar-refractivity contribution is 6.31. The Kier molecular flexibility index (Phi) is 4.36. The third-order valence-electron chi connectivity index (χ3n) is 2.71. The molecule has 21 heavy (non-hydrogen) atoms. The van der Waals surface area contributed by atoms with Gasteiger partial charge in [0, 0.05) is 17.7 Å². The van der Waals surface area contributed by atoms with Gasteiger partial charge in [0.2, 0.25) is 5.82 Å². The van der Waals surface area contributed by atoms with Crippen molar-refractivity contribution in [1.82, 2.24) is 0 Å². The van der Waals surface area contributed by atoms with Crippen LogP contribution in [0.1, 0.15) is 11.1 Å². The molecular formula is C14H8ClFN2O3. The largest absolute Gasteiger partial charge is 0.489 e. The Bertz CT molecular complexity index is 743. The number of nitriles is 1. The maximum Gasteiger partial charge on any atom is 0.305 e. The van der Waals surface area contributed by atoms with Crippen LogP contribution >= 0.6 is 11.6 Å². The number of ether oxygens (including phenoxy) is 1. The first-order valence-electron chi connectivity index (χ1n) is 5.77. The predicted octanol–water partition coefficient (Wildman–Crippen LogP) is 3.84. The predicted molar refractivity (Wildman–Crippen MR) is 73.6 cm³/mol. The third-order valence-corrected chi connectivity index (χ3v) is 3.02. The minimum absolute atomic E-state index is 0.0599. The summed E-state index contributed by atoms with van der Waals surface area (Å²) in [5, 5.41) is 19.6. The van der Waals surface area contributed by atoms with Crippen molar-refractivity contribution < 1.29 is 14.1 Å². The highest BCUT2D eigenvalue weighted by Crippen LogP contribution is 2.24. The Balaban J connectivity index is 2.17. The smallest absolute Gasteiger partial charge is 0.305 e. The van der Waals surface area contributed by atoms with E-state index in [4.69, 9.17) is 21.6 Å². The summed E-state index contributed by atoms with van der Waals surface area (Å²) in [7, 11) is 0. The fraction of sp³-hybridized carbons (Fsp3) is 0.0714. The van der Waals surface area contributed by atoms with Crippen LogP contribution < -0.4 is 4.74 Å². The van der Waals surface area contributed by atoms with Crippen molar-refractivity contribution in [2.75, 3.05) is 0 Å². The van der Waals surface area contributed by atoms with Gasteiger partial charge in [0.05, 0.1) is 15.5 Å². The maximum absolute atomic E-state index is 13.8. The van der Waals surface area contributed by atoms with Gasteiger partial charge in [-0.15, -0.1) is 0 Å². The number of hydrogen-bond donors (Lipinski definition) is 0. The van der Waals surface area contributed by atoms with Crippen LogP contribution in [0.4, 0.5) is 10.1 Å². The second kappa shape index (κ2) is 6.20. The lowest BCUT2D eigenvalue weighted by Gasteiger charge is -2.08. The summed E-state index contributed by atoms with van der Waals surface area (Å²) in [6.07, 6.45) is 0. The number of rotatable bonds is 4. The standard InChI is InChI=1S/C14H8ClFN2O3/c15-12-6-11(5-4-9(12)7-17)21-8-10-2-1-3-13(14(10)16)18(19)20/h1-6H,8H2. The van der Waals surface area contributed by atoms with E-state index in [0.717, 1.165) is 6.07 Å². The second-order valence-electron chi connectivity index (χ2n) is 4.05. The van der Waals surface area contributed by atoms with Gasteiger partial charge in [-0.3, -0.25) is 10.1 Å². The van der Waals surface area contributed by atoms with Crippen molar-refractivity contribution in [2.24, 2.45) is 0 Å². The molecule has 0 heterocycles. The quantitative estimate of drug-likeness (QED) is 0.635. The molecule has 0 saturated heterocycles. The van der Waals surface area contributed by atoms with E-state index in [0.29, 0.717) is 11.3 Å². The number of nitro benzene ring substituents is 1. The Hall–Kier alpha value is -2.65. The normalized spacial score (nSPS) is 9.95. The summed E-state index contributed by atoms with van der Waals surface area (Å²) in [6, 6.07) is 10.2. The zero-order chi connectivity index (χ0) is 15.4. The van der Waals surface area contributed by atoms with Crippen molar-refractivity contribution in [3.63, 3.8) is 0 Å². The Labute approximate surface area is 124 Å². The molecule has 0 fully saturated rings. The minimum atomic E-state index is -0.928. The highest BCUT2D eigenvalue weighted by atomic mass is 35.5. The van der Waals surface area contributed by atoms with E-state index in [1.54, 1.807) is 0 Å². The van der Waals surface area contributed by atoms with Gasteiger partial charge in [0.1, 0.15) is 18.4 Å². The maximum atomic E-state index is 13.8. The fourth-order valence-corrected chi connectivity index (χ4v) is 1.87. The molecule has 2 aromatic rings. The summed E-state index contributed by atoms with van der Waals surface area (Å²) in [6.45, 7) is -0.185. The molecule has 0 bridgehead atoms. The first-order valence-corrected chi connectivity index (χ1v) is 6.15. The van der Waals surface area contributed by atoms with Gasteiger partial charge in [-0.05, 0) is 12.1 Å². The van der Waals surface area contributed by atoms with Crippen LogP contribution in [0.5, 0.6) is 5.75 Å². The molecule has 0 saturated carbocycles. The highest BCUT2D eigenvalue weighted by Gasteiger charge is 2.17. The third kappa shape index (κ3) is 3.27. The van der Waals surface area contributed by atoms with Gasteiger partial charge >= 0.3 is 5.69 Å².